The Kier molecular flexibility index (Phi) is 6.71. The topological polar surface area (TPSA) is 40.5 Å². The van der Waals surface area contributed by atoms with Crippen molar-refractivity contribution in [2.45, 2.75) is 65.5 Å². The van der Waals surface area contributed by atoms with Gasteiger partial charge in [0, 0.05) is 0 Å². The monoisotopic (exact) mass is 356 g/mol. The molecule has 2 aromatic rings. The summed E-state index contributed by atoms with van der Waals surface area (Å²) in [7, 11) is -1.92. The Morgan fingerprint density at radius 2 is 1.12 bits per heavy atom. The first-order valence-corrected chi connectivity index (χ1v) is 12.0. The predicted octanol–water partition coefficient (Wildman–Crippen LogP) is 4.88. The number of hydrogen-bond acceptors (Lipinski definition) is 2. The van der Waals surface area contributed by atoms with Crippen LogP contribution in [0.15, 0.2) is 36.4 Å². The van der Waals surface area contributed by atoms with Gasteiger partial charge in [-0.05, 0) is 49.2 Å². The normalized spacial score (nSPS) is 11.7. The summed E-state index contributed by atoms with van der Waals surface area (Å²) in [6.07, 6.45) is 4.82. The third-order valence-electron chi connectivity index (χ3n) is 5.41. The van der Waals surface area contributed by atoms with Crippen LogP contribution in [0.2, 0.25) is 12.1 Å². The molecule has 2 aromatic carbocycles. The molecule has 2 nitrogen and oxygen atoms in total. The van der Waals surface area contributed by atoms with E-state index >= 15 is 0 Å². The largest absolute Gasteiger partial charge is 0.508 e. The highest BCUT2D eigenvalue weighted by molar-refractivity contribution is 7.02. The molecule has 136 valence electrons. The highest BCUT2D eigenvalue weighted by Gasteiger charge is 2.36. The summed E-state index contributed by atoms with van der Waals surface area (Å²) < 4.78 is 0. The van der Waals surface area contributed by atoms with E-state index in [1.54, 1.807) is 0 Å². The molecule has 0 aliphatic heterocycles. The zero-order valence-corrected chi connectivity index (χ0v) is 17.1. The number of phenols is 2. The molecule has 3 heteroatoms. The minimum absolute atomic E-state index is 0.375. The van der Waals surface area contributed by atoms with Crippen LogP contribution in [0.5, 0.6) is 11.5 Å². The Bertz CT molecular complexity index is 648. The molecular weight excluding hydrogens is 324 g/mol. The highest BCUT2D eigenvalue weighted by Crippen LogP contribution is 2.26. The van der Waals surface area contributed by atoms with Crippen molar-refractivity contribution in [2.75, 3.05) is 0 Å². The average molecular weight is 357 g/mol. The van der Waals surface area contributed by atoms with Crippen LogP contribution in [0, 0.1) is 13.8 Å². The zero-order valence-electron chi connectivity index (χ0n) is 16.1. The Morgan fingerprint density at radius 1 is 0.720 bits per heavy atom. The second-order valence-electron chi connectivity index (χ2n) is 7.29. The SMILES string of the molecule is CCCC[Si](CCCC)(c1ccc(O)c(C)c1)c1ccc(O)c(C)c1. The Balaban J connectivity index is 2.64. The van der Waals surface area contributed by atoms with Crippen molar-refractivity contribution in [3.05, 3.63) is 47.5 Å². The van der Waals surface area contributed by atoms with Crippen molar-refractivity contribution in [2.24, 2.45) is 0 Å². The first-order valence-electron chi connectivity index (χ1n) is 9.54. The molecule has 0 atom stereocenters. The van der Waals surface area contributed by atoms with E-state index in [2.05, 4.69) is 38.1 Å². The van der Waals surface area contributed by atoms with Crippen molar-refractivity contribution < 1.29 is 10.2 Å². The molecule has 0 saturated carbocycles. The van der Waals surface area contributed by atoms with Crippen LogP contribution in [0.25, 0.3) is 0 Å². The van der Waals surface area contributed by atoms with Gasteiger partial charge in [-0.1, -0.05) is 74.2 Å². The fourth-order valence-corrected chi connectivity index (χ4v) is 9.17. The molecule has 0 aliphatic rings. The number of aryl methyl sites for hydroxylation is 2. The highest BCUT2D eigenvalue weighted by atomic mass is 28.3. The van der Waals surface area contributed by atoms with E-state index in [0.29, 0.717) is 11.5 Å². The molecule has 0 spiro atoms. The maximum Gasteiger partial charge on any atom is 0.118 e. The van der Waals surface area contributed by atoms with E-state index < -0.39 is 8.07 Å². The van der Waals surface area contributed by atoms with Crippen LogP contribution >= 0.6 is 0 Å². The molecule has 2 rings (SSSR count). The summed E-state index contributed by atoms with van der Waals surface area (Å²) in [4.78, 5) is 0. The van der Waals surface area contributed by atoms with Gasteiger partial charge in [0.25, 0.3) is 0 Å². The summed E-state index contributed by atoms with van der Waals surface area (Å²) >= 11 is 0. The maximum absolute atomic E-state index is 10.00. The van der Waals surface area contributed by atoms with Crippen LogP contribution in [0.1, 0.15) is 50.7 Å². The van der Waals surface area contributed by atoms with E-state index in [-0.39, 0.29) is 0 Å². The third-order valence-corrected chi connectivity index (χ3v) is 10.7. The molecule has 0 fully saturated rings. The standard InChI is InChI=1S/C22H32O2Si/c1-5-7-13-25(14-8-6-2,19-9-11-21(23)17(3)15-19)20-10-12-22(24)18(4)16-20/h9-12,15-16,23-24H,5-8,13-14H2,1-4H3. The van der Waals surface area contributed by atoms with E-state index in [0.717, 1.165) is 11.1 Å². The minimum atomic E-state index is -1.92. The van der Waals surface area contributed by atoms with Gasteiger partial charge in [-0.25, -0.2) is 0 Å². The lowest BCUT2D eigenvalue weighted by atomic mass is 10.2. The maximum atomic E-state index is 10.00. The van der Waals surface area contributed by atoms with Crippen molar-refractivity contribution in [1.82, 2.24) is 0 Å². The second-order valence-corrected chi connectivity index (χ2v) is 11.6. The molecule has 0 aromatic heterocycles. The van der Waals surface area contributed by atoms with Gasteiger partial charge in [-0.3, -0.25) is 0 Å². The van der Waals surface area contributed by atoms with Crippen LogP contribution < -0.4 is 10.4 Å². The second kappa shape index (κ2) is 8.57. The summed E-state index contributed by atoms with van der Waals surface area (Å²) in [5.41, 5.74) is 1.91. The van der Waals surface area contributed by atoms with Crippen LogP contribution in [0.3, 0.4) is 0 Å². The van der Waals surface area contributed by atoms with E-state index in [1.165, 1.54) is 48.1 Å². The number of aromatic hydroxyl groups is 2. The van der Waals surface area contributed by atoms with Gasteiger partial charge in [0.1, 0.15) is 19.6 Å². The van der Waals surface area contributed by atoms with Crippen LogP contribution in [0.4, 0.5) is 0 Å². The van der Waals surface area contributed by atoms with Crippen molar-refractivity contribution in [3.8, 4) is 11.5 Å². The van der Waals surface area contributed by atoms with E-state index in [9.17, 15) is 10.2 Å². The molecule has 0 saturated heterocycles. The molecule has 0 aliphatic carbocycles. The van der Waals surface area contributed by atoms with Gasteiger partial charge in [0.2, 0.25) is 0 Å². The Morgan fingerprint density at radius 3 is 1.44 bits per heavy atom. The quantitative estimate of drug-likeness (QED) is 0.662. The molecule has 2 N–H and O–H groups in total. The molecular formula is C22H32O2Si. The smallest absolute Gasteiger partial charge is 0.118 e. The van der Waals surface area contributed by atoms with Gasteiger partial charge in [0.05, 0.1) is 0 Å². The third kappa shape index (κ3) is 4.27. The number of benzene rings is 2. The van der Waals surface area contributed by atoms with Gasteiger partial charge >= 0.3 is 0 Å². The Labute approximate surface area is 153 Å². The number of unbranched alkanes of at least 4 members (excludes halogenated alkanes) is 2. The van der Waals surface area contributed by atoms with Crippen LogP contribution in [-0.4, -0.2) is 18.3 Å². The summed E-state index contributed by atoms with van der Waals surface area (Å²) in [5.74, 6) is 0.749. The van der Waals surface area contributed by atoms with Gasteiger partial charge in [-0.15, -0.1) is 0 Å². The van der Waals surface area contributed by atoms with Gasteiger partial charge in [0.15, 0.2) is 0 Å². The lowest BCUT2D eigenvalue weighted by Gasteiger charge is -2.34. The summed E-state index contributed by atoms with van der Waals surface area (Å²) in [5, 5.41) is 22.8. The lowest BCUT2D eigenvalue weighted by molar-refractivity contribution is 0.471. The van der Waals surface area contributed by atoms with Crippen LogP contribution in [-0.2, 0) is 0 Å². The Hall–Kier alpha value is -1.74. The minimum Gasteiger partial charge on any atom is -0.508 e. The molecule has 0 amide bonds. The number of phenolic OH excluding ortho intramolecular Hbond substituents is 2. The van der Waals surface area contributed by atoms with Crippen molar-refractivity contribution in [3.63, 3.8) is 0 Å². The van der Waals surface area contributed by atoms with E-state index in [4.69, 9.17) is 0 Å². The number of hydrogen-bond donors (Lipinski definition) is 2. The van der Waals surface area contributed by atoms with Gasteiger partial charge < -0.3 is 10.2 Å². The molecule has 0 bridgehead atoms. The fraction of sp³-hybridized carbons (Fsp3) is 0.455. The summed E-state index contributed by atoms with van der Waals surface area (Å²) in [6.45, 7) is 8.48. The zero-order chi connectivity index (χ0) is 18.4. The first-order chi connectivity index (χ1) is 11.9. The number of rotatable bonds is 8. The lowest BCUT2D eigenvalue weighted by Crippen LogP contribution is -2.58. The molecule has 25 heavy (non-hydrogen) atoms. The average Bonchev–Trinajstić information content (AvgIpc) is 2.60. The fourth-order valence-electron chi connectivity index (χ4n) is 3.73. The van der Waals surface area contributed by atoms with Gasteiger partial charge in [-0.2, -0.15) is 0 Å². The summed E-state index contributed by atoms with van der Waals surface area (Å²) in [6, 6.07) is 14.8. The predicted molar refractivity (Wildman–Crippen MR) is 110 cm³/mol. The molecule has 0 heterocycles. The molecule has 0 unspecified atom stereocenters. The first kappa shape index (κ1) is 19.6. The molecule has 0 radical (unpaired) electrons. The van der Waals surface area contributed by atoms with Crippen molar-refractivity contribution in [1.29, 1.82) is 0 Å². The van der Waals surface area contributed by atoms with E-state index in [1.807, 2.05) is 26.0 Å². The van der Waals surface area contributed by atoms with Crippen molar-refractivity contribution >= 4 is 18.4 Å².